The molecule has 1 rings (SSSR count). The van der Waals surface area contributed by atoms with Crippen LogP contribution in [0.4, 0.5) is 0 Å². The van der Waals surface area contributed by atoms with Crippen LogP contribution in [0.1, 0.15) is 5.56 Å². The molecule has 0 heterocycles. The molecular weight excluding hydrogens is 192 g/mol. The Morgan fingerprint density at radius 1 is 0.938 bits per heavy atom. The van der Waals surface area contributed by atoms with Crippen LogP contribution in [0.3, 0.4) is 0 Å². The molecule has 1 aromatic carbocycles. The molecule has 1 aromatic rings. The molecule has 0 unspecified atom stereocenters. The van der Waals surface area contributed by atoms with Crippen molar-refractivity contribution in [2.75, 3.05) is 0 Å². The summed E-state index contributed by atoms with van der Waals surface area (Å²) in [6.45, 7) is 7.48. The van der Waals surface area contributed by atoms with E-state index >= 15 is 0 Å². The smallest absolute Gasteiger partial charge is 0.0257 e. The van der Waals surface area contributed by atoms with E-state index in [0.29, 0.717) is 0 Å². The largest absolute Gasteiger partial charge is 0.0991 e. The molecule has 0 N–H and O–H groups in total. The minimum Gasteiger partial charge on any atom is -0.0991 e. The van der Waals surface area contributed by atoms with Gasteiger partial charge in [-0.1, -0.05) is 86.0 Å². The number of rotatable bonds is 5. The van der Waals surface area contributed by atoms with Gasteiger partial charge in [-0.25, -0.2) is 0 Å². The van der Waals surface area contributed by atoms with E-state index in [9.17, 15) is 0 Å². The number of benzene rings is 1. The van der Waals surface area contributed by atoms with E-state index in [2.05, 4.69) is 31.4 Å². The van der Waals surface area contributed by atoms with Gasteiger partial charge < -0.3 is 0 Å². The standard InChI is InChI=1S/C16H16/c1-3-4-10-15(2)11-8-9-14-16-12-6-5-7-13-16/h3-14H,1-2H2/b10-4-,11-8+,14-9+. The zero-order valence-electron chi connectivity index (χ0n) is 9.34. The number of hydrogen-bond acceptors (Lipinski definition) is 0. The number of hydrogen-bond donors (Lipinski definition) is 0. The second kappa shape index (κ2) is 7.24. The molecule has 0 fully saturated rings. The van der Waals surface area contributed by atoms with Crippen LogP contribution in [0, 0.1) is 0 Å². The lowest BCUT2D eigenvalue weighted by Gasteiger charge is -1.89. The van der Waals surface area contributed by atoms with Crippen molar-refractivity contribution in [3.8, 4) is 0 Å². The van der Waals surface area contributed by atoms with E-state index in [-0.39, 0.29) is 0 Å². The summed E-state index contributed by atoms with van der Waals surface area (Å²) in [5, 5.41) is 0. The van der Waals surface area contributed by atoms with Gasteiger partial charge in [0.05, 0.1) is 0 Å². The Labute approximate surface area is 97.6 Å². The Kier molecular flexibility index (Phi) is 5.43. The molecule has 0 atom stereocenters. The highest BCUT2D eigenvalue weighted by Gasteiger charge is 1.80. The van der Waals surface area contributed by atoms with Gasteiger partial charge in [0.25, 0.3) is 0 Å². The van der Waals surface area contributed by atoms with Crippen molar-refractivity contribution in [2.45, 2.75) is 0 Å². The van der Waals surface area contributed by atoms with E-state index in [1.54, 1.807) is 6.08 Å². The lowest BCUT2D eigenvalue weighted by molar-refractivity contribution is 1.66. The Hall–Kier alpha value is -2.08. The predicted octanol–water partition coefficient (Wildman–Crippen LogP) is 4.55. The summed E-state index contributed by atoms with van der Waals surface area (Å²) in [5.41, 5.74) is 2.15. The summed E-state index contributed by atoms with van der Waals surface area (Å²) in [5.74, 6) is 0. The summed E-state index contributed by atoms with van der Waals surface area (Å²) >= 11 is 0. The second-order valence-corrected chi connectivity index (χ2v) is 3.30. The van der Waals surface area contributed by atoms with Gasteiger partial charge in [0.1, 0.15) is 0 Å². The average molecular weight is 208 g/mol. The van der Waals surface area contributed by atoms with Crippen molar-refractivity contribution in [1.29, 1.82) is 0 Å². The molecule has 0 aliphatic carbocycles. The summed E-state index contributed by atoms with van der Waals surface area (Å²) in [6.07, 6.45) is 13.5. The molecular formula is C16H16. The molecule has 0 bridgehead atoms. The summed E-state index contributed by atoms with van der Waals surface area (Å²) in [6, 6.07) is 10.2. The Bertz CT molecular complexity index is 417. The SMILES string of the molecule is C=C/C=C\C(=C)/C=C/C=C/c1ccccc1. The molecule has 0 radical (unpaired) electrons. The van der Waals surface area contributed by atoms with Crippen LogP contribution in [0.15, 0.2) is 85.5 Å². The Balaban J connectivity index is 2.48. The van der Waals surface area contributed by atoms with Gasteiger partial charge in [-0.2, -0.15) is 0 Å². The molecule has 0 amide bonds. The van der Waals surface area contributed by atoms with E-state index in [1.165, 1.54) is 5.56 Å². The van der Waals surface area contributed by atoms with Gasteiger partial charge in [0.15, 0.2) is 0 Å². The second-order valence-electron chi connectivity index (χ2n) is 3.30. The van der Waals surface area contributed by atoms with Gasteiger partial charge in [-0.05, 0) is 11.1 Å². The maximum atomic E-state index is 3.88. The third-order valence-corrected chi connectivity index (χ3v) is 1.96. The third kappa shape index (κ3) is 4.97. The normalized spacial score (nSPS) is 11.5. The van der Waals surface area contributed by atoms with Crippen molar-refractivity contribution in [3.63, 3.8) is 0 Å². The summed E-state index contributed by atoms with van der Waals surface area (Å²) in [7, 11) is 0. The predicted molar refractivity (Wildman–Crippen MR) is 73.1 cm³/mol. The van der Waals surface area contributed by atoms with Crippen molar-refractivity contribution in [1.82, 2.24) is 0 Å². The van der Waals surface area contributed by atoms with E-state index < -0.39 is 0 Å². The van der Waals surface area contributed by atoms with E-state index in [0.717, 1.165) is 5.57 Å². The fourth-order valence-corrected chi connectivity index (χ4v) is 1.16. The Morgan fingerprint density at radius 3 is 2.31 bits per heavy atom. The minimum atomic E-state index is 0.956. The quantitative estimate of drug-likeness (QED) is 0.622. The first-order valence-corrected chi connectivity index (χ1v) is 5.21. The van der Waals surface area contributed by atoms with Crippen LogP contribution < -0.4 is 0 Å². The lowest BCUT2D eigenvalue weighted by atomic mass is 10.2. The molecule has 0 nitrogen and oxygen atoms in total. The first kappa shape index (κ1) is 12.0. The maximum absolute atomic E-state index is 3.88. The fraction of sp³-hybridized carbons (Fsp3) is 0. The van der Waals surface area contributed by atoms with Crippen molar-refractivity contribution < 1.29 is 0 Å². The van der Waals surface area contributed by atoms with Crippen molar-refractivity contribution in [3.05, 3.63) is 91.1 Å². The molecule has 0 spiro atoms. The van der Waals surface area contributed by atoms with Gasteiger partial charge in [0.2, 0.25) is 0 Å². The van der Waals surface area contributed by atoms with E-state index in [4.69, 9.17) is 0 Å². The molecule has 0 aliphatic heterocycles. The molecule has 0 saturated heterocycles. The van der Waals surface area contributed by atoms with Crippen LogP contribution in [-0.4, -0.2) is 0 Å². The minimum absolute atomic E-state index is 0.956. The fourth-order valence-electron chi connectivity index (χ4n) is 1.16. The average Bonchev–Trinajstić information content (AvgIpc) is 2.33. The van der Waals surface area contributed by atoms with E-state index in [1.807, 2.05) is 48.6 Å². The van der Waals surface area contributed by atoms with Gasteiger partial charge in [-0.3, -0.25) is 0 Å². The highest BCUT2D eigenvalue weighted by molar-refractivity contribution is 5.51. The van der Waals surface area contributed by atoms with Crippen molar-refractivity contribution in [2.24, 2.45) is 0 Å². The Morgan fingerprint density at radius 2 is 1.62 bits per heavy atom. The highest BCUT2D eigenvalue weighted by atomic mass is 13.9. The van der Waals surface area contributed by atoms with Crippen LogP contribution in [0.2, 0.25) is 0 Å². The van der Waals surface area contributed by atoms with Gasteiger partial charge in [-0.15, -0.1) is 0 Å². The van der Waals surface area contributed by atoms with Crippen LogP contribution in [-0.2, 0) is 0 Å². The molecule has 0 aliphatic rings. The molecule has 16 heavy (non-hydrogen) atoms. The maximum Gasteiger partial charge on any atom is -0.0257 e. The summed E-state index contributed by atoms with van der Waals surface area (Å²) < 4.78 is 0. The first-order valence-electron chi connectivity index (χ1n) is 5.21. The molecule has 0 heteroatoms. The lowest BCUT2D eigenvalue weighted by Crippen LogP contribution is -1.67. The molecule has 80 valence electrons. The van der Waals surface area contributed by atoms with Crippen molar-refractivity contribution >= 4 is 6.08 Å². The monoisotopic (exact) mass is 208 g/mol. The first-order chi connectivity index (χ1) is 7.83. The third-order valence-electron chi connectivity index (χ3n) is 1.96. The number of allylic oxidation sites excluding steroid dienone is 7. The topological polar surface area (TPSA) is 0 Å². The molecule has 0 aromatic heterocycles. The van der Waals surface area contributed by atoms with Gasteiger partial charge in [0, 0.05) is 0 Å². The molecule has 0 saturated carbocycles. The zero-order chi connectivity index (χ0) is 11.6. The van der Waals surface area contributed by atoms with Crippen LogP contribution in [0.25, 0.3) is 6.08 Å². The summed E-state index contributed by atoms with van der Waals surface area (Å²) in [4.78, 5) is 0. The highest BCUT2D eigenvalue weighted by Crippen LogP contribution is 2.02. The van der Waals surface area contributed by atoms with Crippen LogP contribution >= 0.6 is 0 Å². The van der Waals surface area contributed by atoms with Crippen LogP contribution in [0.5, 0.6) is 0 Å². The zero-order valence-corrected chi connectivity index (χ0v) is 9.34. The van der Waals surface area contributed by atoms with Gasteiger partial charge >= 0.3 is 0 Å².